The van der Waals surface area contributed by atoms with Crippen molar-refractivity contribution >= 4 is 30.3 Å². The molecule has 2 aromatic rings. The SMILES string of the molecule is CCOP(=O)(OCC)c1ccc(Nc2nn(C3(CC#N)CCC4(CC3)OCCO4)cc2C(N)=O)cc1. The quantitative estimate of drug-likeness (QED) is 0.451. The van der Waals surface area contributed by atoms with E-state index >= 15 is 0 Å². The van der Waals surface area contributed by atoms with Crippen LogP contribution < -0.4 is 16.4 Å². The summed E-state index contributed by atoms with van der Waals surface area (Å²) in [5.41, 5.74) is 5.87. The second-order valence-corrected chi connectivity index (χ2v) is 10.9. The van der Waals surface area contributed by atoms with Crippen molar-refractivity contribution < 1.29 is 27.9 Å². The van der Waals surface area contributed by atoms with Crippen LogP contribution in [0.5, 0.6) is 0 Å². The van der Waals surface area contributed by atoms with Crippen LogP contribution in [0.1, 0.15) is 56.3 Å². The predicted molar refractivity (Wildman–Crippen MR) is 132 cm³/mol. The number of amides is 1. The zero-order valence-electron chi connectivity index (χ0n) is 20.6. The van der Waals surface area contributed by atoms with E-state index in [-0.39, 0.29) is 31.0 Å². The van der Waals surface area contributed by atoms with E-state index in [9.17, 15) is 14.6 Å². The molecule has 1 aliphatic carbocycles. The molecule has 0 atom stereocenters. The van der Waals surface area contributed by atoms with Crippen molar-refractivity contribution in [2.75, 3.05) is 31.7 Å². The molecule has 3 N–H and O–H groups in total. The lowest BCUT2D eigenvalue weighted by atomic mass is 9.77. The maximum Gasteiger partial charge on any atom is 0.361 e. The molecular formula is C24H32N5O6P. The Bertz CT molecular complexity index is 1150. The molecule has 2 heterocycles. The summed E-state index contributed by atoms with van der Waals surface area (Å²) in [7, 11) is -3.41. The lowest BCUT2D eigenvalue weighted by molar-refractivity contribution is -0.190. The first kappa shape index (κ1) is 26.3. The molecule has 2 fully saturated rings. The third kappa shape index (κ3) is 5.19. The second-order valence-electron chi connectivity index (χ2n) is 8.87. The van der Waals surface area contributed by atoms with Gasteiger partial charge < -0.3 is 29.6 Å². The molecule has 1 saturated carbocycles. The molecule has 1 aromatic heterocycles. The van der Waals surface area contributed by atoms with Gasteiger partial charge in [-0.1, -0.05) is 0 Å². The van der Waals surface area contributed by atoms with Crippen molar-refractivity contribution in [3.8, 4) is 6.07 Å². The van der Waals surface area contributed by atoms with Crippen LogP contribution >= 0.6 is 7.60 Å². The first-order chi connectivity index (χ1) is 17.3. The number of rotatable bonds is 10. The summed E-state index contributed by atoms with van der Waals surface area (Å²) < 4.78 is 37.2. The van der Waals surface area contributed by atoms with Crippen LogP contribution in [0.2, 0.25) is 0 Å². The standard InChI is InChI=1S/C24H32N5O6P/c1-3-34-36(31,35-4-2)19-7-5-18(6-8-19)27-22-20(21(26)30)17-29(28-22)23(13-14-25)9-11-24(12-10-23)32-15-16-33-24/h5-8,17H,3-4,9-13,15-16H2,1-2H3,(H2,26,30)(H,27,28). The van der Waals surface area contributed by atoms with E-state index in [1.54, 1.807) is 49.0 Å². The number of primary amides is 1. The molecule has 0 radical (unpaired) electrons. The molecule has 1 aliphatic heterocycles. The third-order valence-corrected chi connectivity index (χ3v) is 8.80. The summed E-state index contributed by atoms with van der Waals surface area (Å²) in [5.74, 6) is -0.956. The Hall–Kier alpha value is -2.74. The van der Waals surface area contributed by atoms with E-state index < -0.39 is 24.8 Å². The first-order valence-corrected chi connectivity index (χ1v) is 13.6. The maximum atomic E-state index is 13.0. The molecule has 1 aromatic carbocycles. The molecule has 194 valence electrons. The van der Waals surface area contributed by atoms with Gasteiger partial charge in [-0.3, -0.25) is 14.0 Å². The summed E-state index contributed by atoms with van der Waals surface area (Å²) in [6, 6.07) is 8.97. The molecular weight excluding hydrogens is 485 g/mol. The Labute approximate surface area is 210 Å². The number of carbonyl (C=O) groups is 1. The van der Waals surface area contributed by atoms with Gasteiger partial charge in [0.1, 0.15) is 5.56 Å². The van der Waals surface area contributed by atoms with Gasteiger partial charge in [0.15, 0.2) is 11.6 Å². The zero-order chi connectivity index (χ0) is 25.8. The zero-order valence-corrected chi connectivity index (χ0v) is 21.5. The van der Waals surface area contributed by atoms with Crippen molar-refractivity contribution in [3.63, 3.8) is 0 Å². The number of nitriles is 1. The number of nitrogens with two attached hydrogens (primary N) is 1. The van der Waals surface area contributed by atoms with Gasteiger partial charge in [-0.25, -0.2) is 0 Å². The van der Waals surface area contributed by atoms with Crippen LogP contribution in [0.25, 0.3) is 0 Å². The van der Waals surface area contributed by atoms with Crippen molar-refractivity contribution in [3.05, 3.63) is 36.0 Å². The van der Waals surface area contributed by atoms with E-state index in [2.05, 4.69) is 16.5 Å². The number of hydrogen-bond donors (Lipinski definition) is 2. The minimum atomic E-state index is -3.41. The summed E-state index contributed by atoms with van der Waals surface area (Å²) in [4.78, 5) is 12.3. The molecule has 12 heteroatoms. The molecule has 11 nitrogen and oxygen atoms in total. The Morgan fingerprint density at radius 1 is 1.17 bits per heavy atom. The average Bonchev–Trinajstić information content (AvgIpc) is 3.50. The molecule has 1 amide bonds. The fraction of sp³-hybridized carbons (Fsp3) is 0.542. The van der Waals surface area contributed by atoms with Crippen molar-refractivity contribution in [2.45, 2.75) is 57.3 Å². The van der Waals surface area contributed by atoms with E-state index in [1.807, 2.05) is 0 Å². The third-order valence-electron chi connectivity index (χ3n) is 6.67. The van der Waals surface area contributed by atoms with Gasteiger partial charge in [0.05, 0.1) is 49.8 Å². The summed E-state index contributed by atoms with van der Waals surface area (Å²) in [5, 5.41) is 17.8. The number of nitrogens with zero attached hydrogens (tertiary/aromatic N) is 3. The van der Waals surface area contributed by atoms with Gasteiger partial charge in [-0.2, -0.15) is 10.4 Å². The van der Waals surface area contributed by atoms with Gasteiger partial charge in [0.2, 0.25) is 0 Å². The number of benzene rings is 1. The summed E-state index contributed by atoms with van der Waals surface area (Å²) in [6.07, 6.45) is 4.30. The summed E-state index contributed by atoms with van der Waals surface area (Å²) >= 11 is 0. The number of aromatic nitrogens is 2. The Morgan fingerprint density at radius 3 is 2.31 bits per heavy atom. The van der Waals surface area contributed by atoms with Crippen LogP contribution in [-0.2, 0) is 28.6 Å². The average molecular weight is 518 g/mol. The highest BCUT2D eigenvalue weighted by Gasteiger charge is 2.48. The van der Waals surface area contributed by atoms with E-state index in [1.165, 1.54) is 0 Å². The Morgan fingerprint density at radius 2 is 1.78 bits per heavy atom. The normalized spacial score (nSPS) is 18.7. The van der Waals surface area contributed by atoms with Crippen LogP contribution in [-0.4, -0.2) is 47.9 Å². The molecule has 1 spiro atoms. The molecule has 4 rings (SSSR count). The summed E-state index contributed by atoms with van der Waals surface area (Å²) in [6.45, 7) is 5.14. The van der Waals surface area contributed by atoms with E-state index in [0.717, 1.165) is 0 Å². The van der Waals surface area contributed by atoms with Gasteiger partial charge in [0.25, 0.3) is 5.91 Å². The first-order valence-electron chi connectivity index (χ1n) is 12.1. The van der Waals surface area contributed by atoms with Crippen LogP contribution in [0, 0.1) is 11.3 Å². The smallest absolute Gasteiger partial charge is 0.361 e. The van der Waals surface area contributed by atoms with Gasteiger partial charge in [-0.05, 0) is 51.0 Å². The molecule has 0 unspecified atom stereocenters. The maximum absolute atomic E-state index is 13.0. The number of anilines is 2. The van der Waals surface area contributed by atoms with Crippen LogP contribution in [0.15, 0.2) is 30.5 Å². The second kappa shape index (κ2) is 10.7. The van der Waals surface area contributed by atoms with Gasteiger partial charge in [0, 0.05) is 24.7 Å². The van der Waals surface area contributed by atoms with Crippen molar-refractivity contribution in [1.29, 1.82) is 5.26 Å². The minimum Gasteiger partial charge on any atom is -0.365 e. The van der Waals surface area contributed by atoms with Crippen LogP contribution in [0.4, 0.5) is 11.5 Å². The minimum absolute atomic E-state index is 0.208. The van der Waals surface area contributed by atoms with E-state index in [0.29, 0.717) is 49.9 Å². The monoisotopic (exact) mass is 517 g/mol. The molecule has 36 heavy (non-hydrogen) atoms. The van der Waals surface area contributed by atoms with Gasteiger partial charge in [-0.15, -0.1) is 0 Å². The molecule has 0 bridgehead atoms. The van der Waals surface area contributed by atoms with Gasteiger partial charge >= 0.3 is 7.60 Å². The van der Waals surface area contributed by atoms with Crippen LogP contribution in [0.3, 0.4) is 0 Å². The van der Waals surface area contributed by atoms with Crippen molar-refractivity contribution in [1.82, 2.24) is 9.78 Å². The largest absolute Gasteiger partial charge is 0.365 e. The number of carbonyl (C=O) groups excluding carboxylic acids is 1. The Kier molecular flexibility index (Phi) is 7.83. The molecule has 1 saturated heterocycles. The fourth-order valence-electron chi connectivity index (χ4n) is 4.80. The van der Waals surface area contributed by atoms with Crippen molar-refractivity contribution in [2.24, 2.45) is 5.73 Å². The highest BCUT2D eigenvalue weighted by Crippen LogP contribution is 2.47. The fourth-order valence-corrected chi connectivity index (χ4v) is 6.36. The number of nitrogens with one attached hydrogen (secondary N) is 1. The lowest BCUT2D eigenvalue weighted by Crippen LogP contribution is -2.45. The number of ether oxygens (including phenoxy) is 2. The number of hydrogen-bond acceptors (Lipinski definition) is 9. The highest BCUT2D eigenvalue weighted by atomic mass is 31.2. The molecule has 2 aliphatic rings. The van der Waals surface area contributed by atoms with E-state index in [4.69, 9.17) is 24.3 Å². The highest BCUT2D eigenvalue weighted by molar-refractivity contribution is 7.62. The lowest BCUT2D eigenvalue weighted by Gasteiger charge is -2.42. The Balaban J connectivity index is 1.59. The predicted octanol–water partition coefficient (Wildman–Crippen LogP) is 3.54. The topological polar surface area (TPSA) is 151 Å².